The zero-order valence-electron chi connectivity index (χ0n) is 11.0. The van der Waals surface area contributed by atoms with Gasteiger partial charge in [0.15, 0.2) is 5.58 Å². The highest BCUT2D eigenvalue weighted by Gasteiger charge is 2.10. The minimum Gasteiger partial charge on any atom is -0.439 e. The maximum absolute atomic E-state index is 11.7. The maximum atomic E-state index is 11.7. The zero-order valence-corrected chi connectivity index (χ0v) is 11.0. The number of nitrogens with zero attached hydrogens (tertiary/aromatic N) is 2. The summed E-state index contributed by atoms with van der Waals surface area (Å²) in [5.74, 6) is 0.495. The zero-order chi connectivity index (χ0) is 13.7. The molecule has 1 N–H and O–H groups in total. The molecule has 102 valence electrons. The van der Waals surface area contributed by atoms with Crippen molar-refractivity contribution >= 4 is 17.1 Å². The third-order valence-corrected chi connectivity index (χ3v) is 2.71. The van der Waals surface area contributed by atoms with Crippen LogP contribution in [-0.2, 0) is 11.3 Å². The van der Waals surface area contributed by atoms with Crippen molar-refractivity contribution in [2.24, 2.45) is 0 Å². The second kappa shape index (κ2) is 6.19. The number of hydrogen-bond acceptors (Lipinski definition) is 4. The van der Waals surface area contributed by atoms with Gasteiger partial charge in [-0.2, -0.15) is 0 Å². The first-order valence-corrected chi connectivity index (χ1v) is 6.03. The number of ether oxygens (including phenoxy) is 1. The van der Waals surface area contributed by atoms with Gasteiger partial charge in [-0.3, -0.25) is 0 Å². The van der Waals surface area contributed by atoms with Crippen LogP contribution in [0, 0.1) is 0 Å². The maximum Gasteiger partial charge on any atom is 0.317 e. The molecule has 1 heterocycles. The Morgan fingerprint density at radius 2 is 2.26 bits per heavy atom. The quantitative estimate of drug-likeness (QED) is 0.890. The first kappa shape index (κ1) is 13.4. The standard InChI is InChI=1S/C13H17N3O3/c1-16(7-8-18-2)13(17)14-9-12-15-10-5-3-4-6-11(10)19-12/h3-6H,7-9H2,1-2H3,(H,14,17). The topological polar surface area (TPSA) is 67.6 Å². The highest BCUT2D eigenvalue weighted by atomic mass is 16.5. The van der Waals surface area contributed by atoms with Crippen LogP contribution in [-0.4, -0.2) is 43.2 Å². The van der Waals surface area contributed by atoms with Gasteiger partial charge in [0.05, 0.1) is 13.2 Å². The van der Waals surface area contributed by atoms with Crippen molar-refractivity contribution < 1.29 is 13.9 Å². The normalized spacial score (nSPS) is 10.6. The number of carbonyl (C=O) groups is 1. The first-order chi connectivity index (χ1) is 9.20. The Bertz CT molecular complexity index is 520. The predicted molar refractivity (Wildman–Crippen MR) is 70.8 cm³/mol. The third kappa shape index (κ3) is 3.45. The molecule has 2 rings (SSSR count). The number of carbonyl (C=O) groups excluding carboxylic acids is 1. The molecule has 0 bridgehead atoms. The summed E-state index contributed by atoms with van der Waals surface area (Å²) < 4.78 is 10.4. The SMILES string of the molecule is COCCN(C)C(=O)NCc1nc2ccccc2o1. The van der Waals surface area contributed by atoms with Crippen molar-refractivity contribution in [3.05, 3.63) is 30.2 Å². The van der Waals surface area contributed by atoms with Crippen LogP contribution in [0.3, 0.4) is 0 Å². The third-order valence-electron chi connectivity index (χ3n) is 2.71. The van der Waals surface area contributed by atoms with Crippen LogP contribution in [0.25, 0.3) is 11.1 Å². The fourth-order valence-corrected chi connectivity index (χ4v) is 1.61. The summed E-state index contributed by atoms with van der Waals surface area (Å²) in [5, 5.41) is 2.74. The van der Waals surface area contributed by atoms with E-state index in [1.54, 1.807) is 19.1 Å². The summed E-state index contributed by atoms with van der Waals surface area (Å²) in [6, 6.07) is 7.31. The van der Waals surface area contributed by atoms with Crippen molar-refractivity contribution in [3.8, 4) is 0 Å². The molecule has 0 fully saturated rings. The smallest absolute Gasteiger partial charge is 0.317 e. The van der Waals surface area contributed by atoms with Gasteiger partial charge in [0.2, 0.25) is 5.89 Å². The summed E-state index contributed by atoms with van der Waals surface area (Å²) in [5.41, 5.74) is 1.51. The van der Waals surface area contributed by atoms with Crippen LogP contribution < -0.4 is 5.32 Å². The Balaban J connectivity index is 1.89. The monoisotopic (exact) mass is 263 g/mol. The lowest BCUT2D eigenvalue weighted by Crippen LogP contribution is -2.38. The molecule has 6 nitrogen and oxygen atoms in total. The van der Waals surface area contributed by atoms with Gasteiger partial charge >= 0.3 is 6.03 Å². The molecule has 1 aromatic carbocycles. The van der Waals surface area contributed by atoms with E-state index in [0.717, 1.165) is 11.1 Å². The van der Waals surface area contributed by atoms with E-state index < -0.39 is 0 Å². The van der Waals surface area contributed by atoms with Gasteiger partial charge in [-0.1, -0.05) is 12.1 Å². The molecule has 0 saturated carbocycles. The second-order valence-electron chi connectivity index (χ2n) is 4.15. The number of likely N-dealkylation sites (N-methyl/N-ethyl adjacent to an activating group) is 1. The van der Waals surface area contributed by atoms with E-state index in [-0.39, 0.29) is 12.6 Å². The van der Waals surface area contributed by atoms with Crippen LogP contribution in [0.15, 0.2) is 28.7 Å². The predicted octanol–water partition coefficient (Wildman–Crippen LogP) is 1.62. The molecule has 0 radical (unpaired) electrons. The lowest BCUT2D eigenvalue weighted by atomic mass is 10.3. The van der Waals surface area contributed by atoms with Gasteiger partial charge in [-0.15, -0.1) is 0 Å². The van der Waals surface area contributed by atoms with E-state index in [9.17, 15) is 4.79 Å². The minimum atomic E-state index is -0.181. The number of para-hydroxylation sites is 2. The Hall–Kier alpha value is -2.08. The molecule has 0 aliphatic rings. The van der Waals surface area contributed by atoms with E-state index in [4.69, 9.17) is 9.15 Å². The molecule has 0 aliphatic carbocycles. The van der Waals surface area contributed by atoms with E-state index in [1.165, 1.54) is 0 Å². The van der Waals surface area contributed by atoms with E-state index >= 15 is 0 Å². The van der Waals surface area contributed by atoms with Crippen LogP contribution >= 0.6 is 0 Å². The van der Waals surface area contributed by atoms with Crippen molar-refractivity contribution in [2.45, 2.75) is 6.54 Å². The fraction of sp³-hybridized carbons (Fsp3) is 0.385. The summed E-state index contributed by atoms with van der Waals surface area (Å²) in [7, 11) is 3.31. The lowest BCUT2D eigenvalue weighted by molar-refractivity contribution is 0.159. The molecule has 0 aliphatic heterocycles. The number of nitrogens with one attached hydrogen (secondary N) is 1. The molecular weight excluding hydrogens is 246 g/mol. The molecule has 6 heteroatoms. The van der Waals surface area contributed by atoms with Gasteiger partial charge in [0.1, 0.15) is 5.52 Å². The highest BCUT2D eigenvalue weighted by Crippen LogP contribution is 2.14. The van der Waals surface area contributed by atoms with Crippen molar-refractivity contribution in [1.29, 1.82) is 0 Å². The molecular formula is C13H17N3O3. The molecule has 0 saturated heterocycles. The number of hydrogen-bond donors (Lipinski definition) is 1. The molecule has 0 unspecified atom stereocenters. The average Bonchev–Trinajstić information content (AvgIpc) is 2.84. The number of rotatable bonds is 5. The van der Waals surface area contributed by atoms with Gasteiger partial charge < -0.3 is 19.4 Å². The number of fused-ring (bicyclic) bond motifs is 1. The number of urea groups is 1. The number of benzene rings is 1. The van der Waals surface area contributed by atoms with Crippen LogP contribution in [0.2, 0.25) is 0 Å². The van der Waals surface area contributed by atoms with Gasteiger partial charge in [-0.25, -0.2) is 9.78 Å². The van der Waals surface area contributed by atoms with Gasteiger partial charge in [0.25, 0.3) is 0 Å². The molecule has 1 aromatic heterocycles. The Morgan fingerprint density at radius 1 is 1.47 bits per heavy atom. The molecule has 0 atom stereocenters. The van der Waals surface area contributed by atoms with E-state index in [1.807, 2.05) is 24.3 Å². The Morgan fingerprint density at radius 3 is 3.00 bits per heavy atom. The number of oxazole rings is 1. The van der Waals surface area contributed by atoms with E-state index in [0.29, 0.717) is 19.0 Å². The van der Waals surface area contributed by atoms with E-state index in [2.05, 4.69) is 10.3 Å². The van der Waals surface area contributed by atoms with Crippen molar-refractivity contribution in [2.75, 3.05) is 27.3 Å². The average molecular weight is 263 g/mol. The molecule has 19 heavy (non-hydrogen) atoms. The van der Waals surface area contributed by atoms with Crippen LogP contribution in [0.5, 0.6) is 0 Å². The summed E-state index contributed by atoms with van der Waals surface area (Å²) in [4.78, 5) is 17.6. The van der Waals surface area contributed by atoms with Crippen molar-refractivity contribution in [1.82, 2.24) is 15.2 Å². The largest absolute Gasteiger partial charge is 0.439 e. The van der Waals surface area contributed by atoms with Gasteiger partial charge in [-0.05, 0) is 12.1 Å². The fourth-order valence-electron chi connectivity index (χ4n) is 1.61. The summed E-state index contributed by atoms with van der Waals surface area (Å²) >= 11 is 0. The first-order valence-electron chi connectivity index (χ1n) is 6.03. The van der Waals surface area contributed by atoms with Gasteiger partial charge in [0, 0.05) is 20.7 Å². The number of amides is 2. The minimum absolute atomic E-state index is 0.181. The number of aromatic nitrogens is 1. The summed E-state index contributed by atoms with van der Waals surface area (Å²) in [6.07, 6.45) is 0. The van der Waals surface area contributed by atoms with Crippen LogP contribution in [0.4, 0.5) is 4.79 Å². The highest BCUT2D eigenvalue weighted by molar-refractivity contribution is 5.74. The van der Waals surface area contributed by atoms with Crippen LogP contribution in [0.1, 0.15) is 5.89 Å². The molecule has 2 amide bonds. The Labute approximate surface area is 111 Å². The lowest BCUT2D eigenvalue weighted by Gasteiger charge is -2.16. The number of methoxy groups -OCH3 is 1. The summed E-state index contributed by atoms with van der Waals surface area (Å²) in [6.45, 7) is 1.31. The molecule has 0 spiro atoms. The Kier molecular flexibility index (Phi) is 4.35. The van der Waals surface area contributed by atoms with Crippen molar-refractivity contribution in [3.63, 3.8) is 0 Å². The second-order valence-corrected chi connectivity index (χ2v) is 4.15. The molecule has 2 aromatic rings.